The highest BCUT2D eigenvalue weighted by Gasteiger charge is 2.76. The van der Waals surface area contributed by atoms with Crippen LogP contribution in [0, 0.1) is 36.5 Å². The number of nitro benzene ring substituents is 2. The van der Waals surface area contributed by atoms with Gasteiger partial charge in [-0.1, -0.05) is 36.7 Å². The van der Waals surface area contributed by atoms with E-state index < -0.39 is 48.2 Å². The largest absolute Gasteiger partial charge is 0.300 e. The molecule has 3 rings (SSSR count). The number of hydrogen-bond acceptors (Lipinski definition) is 7. The molecule has 3 atom stereocenters. The Bertz CT molecular complexity index is 919. The number of benzene rings is 1. The Kier molecular flexibility index (Phi) is 4.49. The molecule has 28 heavy (non-hydrogen) atoms. The number of non-ortho nitro benzene ring substituents is 1. The van der Waals surface area contributed by atoms with Crippen molar-refractivity contribution >= 4 is 44.7 Å². The van der Waals surface area contributed by atoms with Crippen LogP contribution in [0.1, 0.15) is 33.6 Å². The molecule has 2 aliphatic rings. The van der Waals surface area contributed by atoms with E-state index in [4.69, 9.17) is 0 Å². The lowest BCUT2D eigenvalue weighted by Gasteiger charge is -2.39. The molecule has 1 aromatic rings. The molecule has 0 saturated heterocycles. The van der Waals surface area contributed by atoms with Gasteiger partial charge in [0.15, 0.2) is 5.78 Å². The maximum Gasteiger partial charge on any atom is 0.300 e. The third kappa shape index (κ3) is 2.38. The number of fused-ring (bicyclic) bond motifs is 2. The molecule has 10 nitrogen and oxygen atoms in total. The number of nitrogens with one attached hydrogen (secondary N) is 2. The molecular weight excluding hydrogens is 436 g/mol. The van der Waals surface area contributed by atoms with Gasteiger partial charge in [0.2, 0.25) is 5.91 Å². The number of hydrogen-bond donors (Lipinski definition) is 2. The molecule has 0 aliphatic heterocycles. The summed E-state index contributed by atoms with van der Waals surface area (Å²) in [5, 5.41) is 22.1. The predicted octanol–water partition coefficient (Wildman–Crippen LogP) is 3.11. The number of nitrogens with zero attached hydrogens (tertiary/aromatic N) is 2. The standard InChI is InChI=1S/C17H19BrN4O6/c1-15(2)16(3)6-7-17(15,12(18)13(16)23)14(24)20-19-10-5-4-9(21(25)26)8-11(10)22(27)28/h4-5,8,12,19H,6-7H2,1-3H3,(H,20,24). The molecule has 1 amide bonds. The molecule has 2 aliphatic carbocycles. The van der Waals surface area contributed by atoms with Gasteiger partial charge in [-0.3, -0.25) is 40.7 Å². The number of ketones is 1. The van der Waals surface area contributed by atoms with Gasteiger partial charge in [0.1, 0.15) is 5.69 Å². The molecule has 2 bridgehead atoms. The van der Waals surface area contributed by atoms with Crippen molar-refractivity contribution in [3.05, 3.63) is 38.4 Å². The van der Waals surface area contributed by atoms with E-state index in [1.807, 2.05) is 20.8 Å². The molecule has 2 N–H and O–H groups in total. The van der Waals surface area contributed by atoms with Crippen molar-refractivity contribution in [2.24, 2.45) is 16.2 Å². The zero-order chi connectivity index (χ0) is 21.1. The lowest BCUT2D eigenvalue weighted by molar-refractivity contribution is -0.393. The van der Waals surface area contributed by atoms with E-state index in [-0.39, 0.29) is 11.5 Å². The number of alkyl halides is 1. The van der Waals surface area contributed by atoms with Crippen molar-refractivity contribution in [2.45, 2.75) is 38.4 Å². The molecule has 0 heterocycles. The van der Waals surface area contributed by atoms with Crippen molar-refractivity contribution < 1.29 is 19.4 Å². The van der Waals surface area contributed by atoms with Crippen LogP contribution >= 0.6 is 15.9 Å². The second kappa shape index (κ2) is 6.23. The normalized spacial score (nSPS) is 30.1. The minimum Gasteiger partial charge on any atom is -0.298 e. The highest BCUT2D eigenvalue weighted by molar-refractivity contribution is 9.10. The first-order chi connectivity index (χ1) is 12.9. The third-order valence-corrected chi connectivity index (χ3v) is 8.02. The van der Waals surface area contributed by atoms with Crippen LogP contribution in [0.15, 0.2) is 18.2 Å². The maximum atomic E-state index is 13.1. The summed E-state index contributed by atoms with van der Waals surface area (Å²) in [6.07, 6.45) is 1.07. The van der Waals surface area contributed by atoms with Crippen LogP contribution in [0.4, 0.5) is 17.1 Å². The Morgan fingerprint density at radius 2 is 1.82 bits per heavy atom. The van der Waals surface area contributed by atoms with E-state index in [0.29, 0.717) is 12.8 Å². The average Bonchev–Trinajstić information content (AvgIpc) is 2.91. The lowest BCUT2D eigenvalue weighted by Crippen LogP contribution is -2.52. The summed E-state index contributed by atoms with van der Waals surface area (Å²) >= 11 is 3.40. The van der Waals surface area contributed by atoms with Crippen LogP contribution in [0.3, 0.4) is 0 Å². The Morgan fingerprint density at radius 3 is 2.32 bits per heavy atom. The van der Waals surface area contributed by atoms with Crippen molar-refractivity contribution in [2.75, 3.05) is 5.43 Å². The Balaban J connectivity index is 1.88. The summed E-state index contributed by atoms with van der Waals surface area (Å²) in [4.78, 5) is 45.8. The first-order valence-electron chi connectivity index (χ1n) is 8.58. The lowest BCUT2D eigenvalue weighted by atomic mass is 9.64. The zero-order valence-electron chi connectivity index (χ0n) is 15.4. The summed E-state index contributed by atoms with van der Waals surface area (Å²) in [6.45, 7) is 5.63. The molecule has 150 valence electrons. The maximum absolute atomic E-state index is 13.1. The average molecular weight is 455 g/mol. The van der Waals surface area contributed by atoms with Crippen molar-refractivity contribution in [1.29, 1.82) is 0 Å². The van der Waals surface area contributed by atoms with Gasteiger partial charge >= 0.3 is 5.69 Å². The molecule has 0 spiro atoms. The highest BCUT2D eigenvalue weighted by atomic mass is 79.9. The van der Waals surface area contributed by atoms with E-state index in [9.17, 15) is 29.8 Å². The third-order valence-electron chi connectivity index (χ3n) is 6.83. The first-order valence-corrected chi connectivity index (χ1v) is 9.49. The van der Waals surface area contributed by atoms with Crippen molar-refractivity contribution in [3.8, 4) is 0 Å². The van der Waals surface area contributed by atoms with E-state index in [2.05, 4.69) is 26.8 Å². The SMILES string of the molecule is CC12CCC(C(=O)NNc3ccc([N+](=O)[O-])cc3[N+](=O)[O-])(C(Br)C1=O)C2(C)C. The van der Waals surface area contributed by atoms with E-state index in [1.54, 1.807) is 0 Å². The van der Waals surface area contributed by atoms with Crippen molar-refractivity contribution in [1.82, 2.24) is 5.43 Å². The predicted molar refractivity (Wildman–Crippen MR) is 103 cm³/mol. The fraction of sp³-hybridized carbons (Fsp3) is 0.529. The minimum atomic E-state index is -1.01. The number of carbonyl (C=O) groups excluding carboxylic acids is 2. The number of halogens is 1. The first kappa shape index (κ1) is 20.2. The molecule has 0 radical (unpaired) electrons. The van der Waals surface area contributed by atoms with Crippen LogP contribution in [0.5, 0.6) is 0 Å². The van der Waals surface area contributed by atoms with Gasteiger partial charge in [-0.25, -0.2) is 0 Å². The van der Waals surface area contributed by atoms with Gasteiger partial charge in [-0.05, 0) is 24.3 Å². The van der Waals surface area contributed by atoms with Crippen molar-refractivity contribution in [3.63, 3.8) is 0 Å². The second-order valence-electron chi connectivity index (χ2n) is 7.95. The summed E-state index contributed by atoms with van der Waals surface area (Å²) in [5.74, 6) is -0.484. The van der Waals surface area contributed by atoms with Gasteiger partial charge in [-0.15, -0.1) is 0 Å². The van der Waals surface area contributed by atoms with Gasteiger partial charge < -0.3 is 0 Å². The minimum absolute atomic E-state index is 0.0276. The summed E-state index contributed by atoms with van der Waals surface area (Å²) in [6, 6.07) is 3.07. The van der Waals surface area contributed by atoms with Gasteiger partial charge in [0, 0.05) is 11.5 Å². The summed E-state index contributed by atoms with van der Waals surface area (Å²) < 4.78 is 0. The number of rotatable bonds is 5. The number of amides is 1. The fourth-order valence-corrected chi connectivity index (χ4v) is 6.10. The quantitative estimate of drug-likeness (QED) is 0.394. The van der Waals surface area contributed by atoms with Crippen LogP contribution < -0.4 is 10.9 Å². The van der Waals surface area contributed by atoms with Crippen LogP contribution in [0.25, 0.3) is 0 Å². The van der Waals surface area contributed by atoms with Gasteiger partial charge in [0.25, 0.3) is 5.69 Å². The molecule has 1 aromatic carbocycles. The summed E-state index contributed by atoms with van der Waals surface area (Å²) in [5.41, 5.74) is 1.64. The molecule has 3 unspecified atom stereocenters. The van der Waals surface area contributed by atoms with E-state index in [1.165, 1.54) is 0 Å². The number of anilines is 1. The fourth-order valence-electron chi connectivity index (χ4n) is 4.58. The number of carbonyl (C=O) groups is 2. The molecule has 2 saturated carbocycles. The monoisotopic (exact) mass is 454 g/mol. The Morgan fingerprint density at radius 1 is 1.18 bits per heavy atom. The van der Waals surface area contributed by atoms with Gasteiger partial charge in [-0.2, -0.15) is 0 Å². The highest BCUT2D eigenvalue weighted by Crippen LogP contribution is 2.72. The Hall–Kier alpha value is -2.56. The number of nitro groups is 2. The van der Waals surface area contributed by atoms with Crippen LogP contribution in [-0.4, -0.2) is 26.4 Å². The van der Waals surface area contributed by atoms with Crippen LogP contribution in [0.2, 0.25) is 0 Å². The summed E-state index contributed by atoms with van der Waals surface area (Å²) in [7, 11) is 0. The molecule has 2 fully saturated rings. The second-order valence-corrected chi connectivity index (χ2v) is 8.87. The topological polar surface area (TPSA) is 144 Å². The van der Waals surface area contributed by atoms with Crippen LogP contribution in [-0.2, 0) is 9.59 Å². The molecule has 11 heteroatoms. The smallest absolute Gasteiger partial charge is 0.298 e. The van der Waals surface area contributed by atoms with Gasteiger partial charge in [0.05, 0.1) is 26.2 Å². The zero-order valence-corrected chi connectivity index (χ0v) is 17.0. The Labute approximate surface area is 168 Å². The molecule has 0 aromatic heterocycles. The van der Waals surface area contributed by atoms with E-state index >= 15 is 0 Å². The number of Topliss-reactive ketones (excluding diaryl/α,β-unsaturated/α-hetero) is 1. The molecular formula is C17H19BrN4O6. The number of hydrazine groups is 1. The van der Waals surface area contributed by atoms with E-state index in [0.717, 1.165) is 18.2 Å².